The molecule has 0 aromatic heterocycles. The lowest BCUT2D eigenvalue weighted by Crippen LogP contribution is -2.48. The third kappa shape index (κ3) is 6.61. The Bertz CT molecular complexity index is 565. The third-order valence-corrected chi connectivity index (χ3v) is 4.32. The number of alkyl halides is 3. The molecule has 0 atom stereocenters. The molecule has 0 saturated carbocycles. The van der Waals surface area contributed by atoms with Gasteiger partial charge in [-0.2, -0.15) is 13.2 Å². The van der Waals surface area contributed by atoms with Gasteiger partial charge < -0.3 is 9.64 Å². The van der Waals surface area contributed by atoms with Crippen molar-refractivity contribution in [3.63, 3.8) is 0 Å². The van der Waals surface area contributed by atoms with E-state index in [9.17, 15) is 18.0 Å². The highest BCUT2D eigenvalue weighted by Crippen LogP contribution is 2.29. The zero-order chi connectivity index (χ0) is 19.2. The Labute approximate surface area is 152 Å². The van der Waals surface area contributed by atoms with Crippen molar-refractivity contribution in [1.82, 2.24) is 9.80 Å². The van der Waals surface area contributed by atoms with Gasteiger partial charge in [0.1, 0.15) is 0 Å². The van der Waals surface area contributed by atoms with Crippen molar-refractivity contribution in [2.24, 2.45) is 5.92 Å². The molecule has 1 amide bonds. The monoisotopic (exact) mass is 372 g/mol. The number of carbonyl (C=O) groups is 1. The molecule has 0 unspecified atom stereocenters. The van der Waals surface area contributed by atoms with Crippen LogP contribution in [0, 0.1) is 5.92 Å². The summed E-state index contributed by atoms with van der Waals surface area (Å²) in [7, 11) is 0. The van der Waals surface area contributed by atoms with Crippen molar-refractivity contribution in [3.8, 4) is 0 Å². The number of carbonyl (C=O) groups excluding carboxylic acids is 1. The predicted octanol–water partition coefficient (Wildman–Crippen LogP) is 3.41. The number of hydrogen-bond acceptors (Lipinski definition) is 3. The number of hydrogen-bond donors (Lipinski definition) is 0. The first-order valence-electron chi connectivity index (χ1n) is 8.99. The fraction of sp³-hybridized carbons (Fsp3) is 0.632. The van der Waals surface area contributed by atoms with Gasteiger partial charge in [0.05, 0.1) is 18.6 Å². The molecule has 1 aromatic rings. The molecule has 1 heterocycles. The van der Waals surface area contributed by atoms with Crippen LogP contribution in [0.15, 0.2) is 24.3 Å². The van der Waals surface area contributed by atoms with Crippen molar-refractivity contribution >= 4 is 5.91 Å². The number of piperazine rings is 1. The maximum atomic E-state index is 12.6. The molecule has 0 aliphatic carbocycles. The third-order valence-electron chi connectivity index (χ3n) is 4.32. The van der Waals surface area contributed by atoms with Crippen molar-refractivity contribution < 1.29 is 22.7 Å². The minimum absolute atomic E-state index is 0.0999. The predicted molar refractivity (Wildman–Crippen MR) is 93.6 cm³/mol. The molecule has 0 spiro atoms. The smallest absolute Gasteiger partial charge is 0.381 e. The maximum Gasteiger partial charge on any atom is 0.416 e. The molecule has 1 fully saturated rings. The average molecular weight is 372 g/mol. The summed E-state index contributed by atoms with van der Waals surface area (Å²) < 4.78 is 43.2. The van der Waals surface area contributed by atoms with Gasteiger partial charge in [-0.25, -0.2) is 0 Å². The lowest BCUT2D eigenvalue weighted by atomic mass is 10.1. The summed E-state index contributed by atoms with van der Waals surface area (Å²) in [5, 5.41) is 0. The van der Waals surface area contributed by atoms with Gasteiger partial charge in [-0.1, -0.05) is 26.0 Å². The Morgan fingerprint density at radius 2 is 1.73 bits per heavy atom. The van der Waals surface area contributed by atoms with Crippen LogP contribution in [0.3, 0.4) is 0 Å². The van der Waals surface area contributed by atoms with Gasteiger partial charge in [0.25, 0.3) is 0 Å². The van der Waals surface area contributed by atoms with Crippen molar-refractivity contribution in [1.29, 1.82) is 0 Å². The second-order valence-corrected chi connectivity index (χ2v) is 7.07. The standard InChI is InChI=1S/C19H27F3N2O2/c1-15(2)14-26-12-7-18(25)24-10-8-23(9-11-24)13-16-3-5-17(6-4-16)19(20,21)22/h3-6,15H,7-14H2,1-2H3. The van der Waals surface area contributed by atoms with E-state index in [1.54, 1.807) is 0 Å². The normalized spacial score (nSPS) is 16.3. The number of ether oxygens (including phenoxy) is 1. The zero-order valence-electron chi connectivity index (χ0n) is 15.4. The number of rotatable bonds is 7. The van der Waals surface area contributed by atoms with Crippen LogP contribution < -0.4 is 0 Å². The van der Waals surface area contributed by atoms with Crippen LogP contribution in [0.4, 0.5) is 13.2 Å². The van der Waals surface area contributed by atoms with E-state index in [-0.39, 0.29) is 5.91 Å². The number of amides is 1. The molecule has 0 bridgehead atoms. The van der Waals surface area contributed by atoms with Gasteiger partial charge in [0.15, 0.2) is 0 Å². The molecule has 0 radical (unpaired) electrons. The number of nitrogens with zero attached hydrogens (tertiary/aromatic N) is 2. The Balaban J connectivity index is 1.72. The molecule has 1 saturated heterocycles. The SMILES string of the molecule is CC(C)COCCC(=O)N1CCN(Cc2ccc(C(F)(F)F)cc2)CC1. The molecular weight excluding hydrogens is 345 g/mol. The van der Waals surface area contributed by atoms with Gasteiger partial charge in [-0.15, -0.1) is 0 Å². The molecule has 26 heavy (non-hydrogen) atoms. The van der Waals surface area contributed by atoms with Crippen LogP contribution in [-0.4, -0.2) is 55.1 Å². The minimum Gasteiger partial charge on any atom is -0.381 e. The summed E-state index contributed by atoms with van der Waals surface area (Å²) in [6.07, 6.45) is -3.91. The Kier molecular flexibility index (Phi) is 7.46. The summed E-state index contributed by atoms with van der Waals surface area (Å²) in [4.78, 5) is 16.1. The summed E-state index contributed by atoms with van der Waals surface area (Å²) in [6.45, 7) is 8.57. The molecule has 146 valence electrons. The lowest BCUT2D eigenvalue weighted by molar-refractivity contribution is -0.137. The summed E-state index contributed by atoms with van der Waals surface area (Å²) in [5.74, 6) is 0.557. The van der Waals surface area contributed by atoms with Crippen LogP contribution in [0.5, 0.6) is 0 Å². The average Bonchev–Trinajstić information content (AvgIpc) is 2.59. The Morgan fingerprint density at radius 1 is 1.12 bits per heavy atom. The largest absolute Gasteiger partial charge is 0.416 e. The fourth-order valence-corrected chi connectivity index (χ4v) is 2.85. The highest BCUT2D eigenvalue weighted by molar-refractivity contribution is 5.76. The van der Waals surface area contributed by atoms with Gasteiger partial charge in [0, 0.05) is 39.3 Å². The summed E-state index contributed by atoms with van der Waals surface area (Å²) >= 11 is 0. The van der Waals surface area contributed by atoms with E-state index in [0.717, 1.165) is 30.8 Å². The van der Waals surface area contributed by atoms with Gasteiger partial charge >= 0.3 is 6.18 Å². The summed E-state index contributed by atoms with van der Waals surface area (Å²) in [6, 6.07) is 5.28. The highest BCUT2D eigenvalue weighted by atomic mass is 19.4. The lowest BCUT2D eigenvalue weighted by Gasteiger charge is -2.34. The zero-order valence-corrected chi connectivity index (χ0v) is 15.4. The molecule has 2 rings (SSSR count). The second kappa shape index (κ2) is 9.37. The van der Waals surface area contributed by atoms with Crippen LogP contribution >= 0.6 is 0 Å². The molecule has 1 aliphatic heterocycles. The van der Waals surface area contributed by atoms with Crippen molar-refractivity contribution in [2.45, 2.75) is 33.0 Å². The molecule has 1 aromatic carbocycles. The van der Waals surface area contributed by atoms with Gasteiger partial charge in [0.2, 0.25) is 5.91 Å². The Morgan fingerprint density at radius 3 is 2.27 bits per heavy atom. The molecule has 1 aliphatic rings. The van der Waals surface area contributed by atoms with E-state index in [4.69, 9.17) is 4.74 Å². The number of halogens is 3. The first-order chi connectivity index (χ1) is 12.3. The van der Waals surface area contributed by atoms with Crippen LogP contribution in [0.1, 0.15) is 31.4 Å². The van der Waals surface area contributed by atoms with E-state index in [2.05, 4.69) is 18.7 Å². The van der Waals surface area contributed by atoms with E-state index < -0.39 is 11.7 Å². The first kappa shape index (κ1) is 20.7. The fourth-order valence-electron chi connectivity index (χ4n) is 2.85. The molecule has 4 nitrogen and oxygen atoms in total. The van der Waals surface area contributed by atoms with E-state index in [1.807, 2.05) is 4.90 Å². The molecule has 7 heteroatoms. The first-order valence-corrected chi connectivity index (χ1v) is 8.99. The van der Waals surface area contributed by atoms with Crippen molar-refractivity contribution in [2.75, 3.05) is 39.4 Å². The highest BCUT2D eigenvalue weighted by Gasteiger charge is 2.30. The topological polar surface area (TPSA) is 32.8 Å². The second-order valence-electron chi connectivity index (χ2n) is 7.07. The van der Waals surface area contributed by atoms with Crippen LogP contribution in [-0.2, 0) is 22.3 Å². The van der Waals surface area contributed by atoms with Crippen LogP contribution in [0.25, 0.3) is 0 Å². The van der Waals surface area contributed by atoms with Gasteiger partial charge in [-0.3, -0.25) is 9.69 Å². The maximum absolute atomic E-state index is 12.6. The van der Waals surface area contributed by atoms with E-state index >= 15 is 0 Å². The summed E-state index contributed by atoms with van der Waals surface area (Å²) in [5.41, 5.74) is 0.219. The van der Waals surface area contributed by atoms with Crippen molar-refractivity contribution in [3.05, 3.63) is 35.4 Å². The van der Waals surface area contributed by atoms with E-state index in [1.165, 1.54) is 12.1 Å². The molecular formula is C19H27F3N2O2. The Hall–Kier alpha value is -1.60. The molecule has 0 N–H and O–H groups in total. The van der Waals surface area contributed by atoms with Gasteiger partial charge in [-0.05, 0) is 23.6 Å². The van der Waals surface area contributed by atoms with E-state index in [0.29, 0.717) is 45.2 Å². The number of benzene rings is 1. The minimum atomic E-state index is -4.30. The quantitative estimate of drug-likeness (QED) is 0.688. The van der Waals surface area contributed by atoms with Crippen LogP contribution in [0.2, 0.25) is 0 Å².